The quantitative estimate of drug-likeness (QED) is 0.142. The number of hydrogen-bond acceptors (Lipinski definition) is 9. The first-order chi connectivity index (χ1) is 21.3. The van der Waals surface area contributed by atoms with Crippen LogP contribution in [0.25, 0.3) is 17.2 Å². The molecule has 0 aliphatic heterocycles. The van der Waals surface area contributed by atoms with Crippen LogP contribution in [-0.4, -0.2) is 77.0 Å². The molecule has 0 aliphatic carbocycles. The number of rotatable bonds is 14. The minimum Gasteiger partial charge on any atom is -0.494 e. The molecule has 2 aromatic carbocycles. The molecule has 0 aliphatic rings. The van der Waals surface area contributed by atoms with Crippen molar-refractivity contribution in [3.63, 3.8) is 0 Å². The van der Waals surface area contributed by atoms with Gasteiger partial charge in [-0.05, 0) is 41.9 Å². The summed E-state index contributed by atoms with van der Waals surface area (Å²) in [6, 6.07) is 15.1. The number of ether oxygens (including phenoxy) is 4. The van der Waals surface area contributed by atoms with Crippen LogP contribution in [0.1, 0.15) is 11.7 Å². The lowest BCUT2D eigenvalue weighted by atomic mass is 10.1. The molecule has 4 aromatic rings. The van der Waals surface area contributed by atoms with Gasteiger partial charge in [0.25, 0.3) is 0 Å². The summed E-state index contributed by atoms with van der Waals surface area (Å²) in [5.74, 6) is 0.471. The van der Waals surface area contributed by atoms with Gasteiger partial charge in [0, 0.05) is 32.3 Å². The SMILES string of the molecule is COc1cccc(-c2nnc(N(CC[Si](C)(C)C)S(=O)(=O)C[C@@H](OC)c3ccc(F)cc3Br)n2-c2c(OC)cccc2OC)n1. The Balaban J connectivity index is 1.98. The van der Waals surface area contributed by atoms with Crippen molar-refractivity contribution in [3.05, 3.63) is 70.5 Å². The fourth-order valence-corrected chi connectivity index (χ4v) is 7.92. The Morgan fingerprint density at radius 1 is 0.956 bits per heavy atom. The molecule has 45 heavy (non-hydrogen) atoms. The predicted octanol–water partition coefficient (Wildman–Crippen LogP) is 6.12. The summed E-state index contributed by atoms with van der Waals surface area (Å²) in [7, 11) is -0.0187. The van der Waals surface area contributed by atoms with E-state index in [0.29, 0.717) is 44.8 Å². The average molecular weight is 723 g/mol. The summed E-state index contributed by atoms with van der Waals surface area (Å²) in [6.07, 6.45) is -0.920. The van der Waals surface area contributed by atoms with Crippen LogP contribution in [0.5, 0.6) is 17.4 Å². The number of benzene rings is 2. The molecule has 0 unspecified atom stereocenters. The third-order valence-electron chi connectivity index (χ3n) is 7.01. The summed E-state index contributed by atoms with van der Waals surface area (Å²) in [5.41, 5.74) is 1.26. The smallest absolute Gasteiger partial charge is 0.246 e. The van der Waals surface area contributed by atoms with E-state index in [0.717, 1.165) is 0 Å². The highest BCUT2D eigenvalue weighted by Gasteiger charge is 2.35. The number of nitrogens with zero attached hydrogens (tertiary/aromatic N) is 5. The Kier molecular flexibility index (Phi) is 10.9. The lowest BCUT2D eigenvalue weighted by molar-refractivity contribution is 0.121. The van der Waals surface area contributed by atoms with Gasteiger partial charge in [-0.3, -0.25) is 4.57 Å². The first-order valence-electron chi connectivity index (χ1n) is 14.0. The van der Waals surface area contributed by atoms with E-state index in [1.54, 1.807) is 41.0 Å². The molecule has 0 saturated carbocycles. The first kappa shape index (κ1) is 34.3. The number of sulfonamides is 1. The van der Waals surface area contributed by atoms with Crippen molar-refractivity contribution >= 4 is 40.0 Å². The molecule has 2 aromatic heterocycles. The van der Waals surface area contributed by atoms with Gasteiger partial charge < -0.3 is 18.9 Å². The van der Waals surface area contributed by atoms with Crippen molar-refractivity contribution in [1.82, 2.24) is 19.7 Å². The van der Waals surface area contributed by atoms with Gasteiger partial charge in [-0.1, -0.05) is 53.8 Å². The van der Waals surface area contributed by atoms with Crippen LogP contribution in [0.15, 0.2) is 59.1 Å². The maximum absolute atomic E-state index is 14.5. The number of para-hydroxylation sites is 1. The number of aromatic nitrogens is 4. The van der Waals surface area contributed by atoms with Gasteiger partial charge in [-0.25, -0.2) is 22.1 Å². The molecule has 0 N–H and O–H groups in total. The minimum absolute atomic E-state index is 0.0173. The highest BCUT2D eigenvalue weighted by atomic mass is 79.9. The van der Waals surface area contributed by atoms with Crippen molar-refractivity contribution in [2.24, 2.45) is 0 Å². The molecular formula is C30H37BrFN5O6SSi. The van der Waals surface area contributed by atoms with Gasteiger partial charge in [-0.15, -0.1) is 10.2 Å². The lowest BCUT2D eigenvalue weighted by Crippen LogP contribution is -2.40. The van der Waals surface area contributed by atoms with Crippen molar-refractivity contribution in [2.45, 2.75) is 31.8 Å². The second-order valence-corrected chi connectivity index (χ2v) is 19.7. The van der Waals surface area contributed by atoms with Gasteiger partial charge in [0.15, 0.2) is 5.82 Å². The van der Waals surface area contributed by atoms with Crippen LogP contribution in [0, 0.1) is 5.82 Å². The van der Waals surface area contributed by atoms with E-state index in [1.165, 1.54) is 50.9 Å². The van der Waals surface area contributed by atoms with Gasteiger partial charge in [-0.2, -0.15) is 0 Å². The zero-order chi connectivity index (χ0) is 32.9. The molecule has 11 nitrogen and oxygen atoms in total. The lowest BCUT2D eigenvalue weighted by Gasteiger charge is -2.29. The molecule has 0 bridgehead atoms. The molecule has 2 heterocycles. The second kappa shape index (κ2) is 14.3. The van der Waals surface area contributed by atoms with E-state index in [-0.39, 0.29) is 18.3 Å². The van der Waals surface area contributed by atoms with Crippen molar-refractivity contribution in [3.8, 4) is 34.6 Å². The van der Waals surface area contributed by atoms with Gasteiger partial charge >= 0.3 is 0 Å². The van der Waals surface area contributed by atoms with Crippen molar-refractivity contribution < 1.29 is 31.8 Å². The van der Waals surface area contributed by atoms with Crippen LogP contribution in [0.3, 0.4) is 0 Å². The Morgan fingerprint density at radius 2 is 1.62 bits per heavy atom. The van der Waals surface area contributed by atoms with E-state index in [9.17, 15) is 12.8 Å². The zero-order valence-corrected chi connectivity index (χ0v) is 29.6. The second-order valence-electron chi connectivity index (χ2n) is 11.3. The zero-order valence-electron chi connectivity index (χ0n) is 26.2. The number of hydrogen-bond donors (Lipinski definition) is 0. The van der Waals surface area contributed by atoms with Gasteiger partial charge in [0.2, 0.25) is 21.9 Å². The van der Waals surface area contributed by atoms with E-state index in [2.05, 4.69) is 50.8 Å². The summed E-state index contributed by atoms with van der Waals surface area (Å²) in [6.45, 7) is 6.60. The van der Waals surface area contributed by atoms with Crippen molar-refractivity contribution in [2.75, 3.05) is 45.0 Å². The largest absolute Gasteiger partial charge is 0.494 e. The Hall–Kier alpha value is -3.53. The Labute approximate surface area is 272 Å². The monoisotopic (exact) mass is 721 g/mol. The van der Waals surface area contributed by atoms with Crippen LogP contribution in [-0.2, 0) is 14.8 Å². The maximum atomic E-state index is 14.5. The maximum Gasteiger partial charge on any atom is 0.246 e. The highest BCUT2D eigenvalue weighted by Crippen LogP contribution is 2.39. The molecule has 242 valence electrons. The van der Waals surface area contributed by atoms with Crippen molar-refractivity contribution in [1.29, 1.82) is 0 Å². The highest BCUT2D eigenvalue weighted by molar-refractivity contribution is 9.10. The van der Waals surface area contributed by atoms with Crippen LogP contribution in [0.4, 0.5) is 10.3 Å². The fourth-order valence-electron chi connectivity index (χ4n) is 4.64. The van der Waals surface area contributed by atoms with E-state index in [4.69, 9.17) is 18.9 Å². The first-order valence-corrected chi connectivity index (χ1v) is 20.1. The normalized spacial score (nSPS) is 12.6. The number of pyridine rings is 1. The Bertz CT molecular complexity index is 1730. The molecule has 0 amide bonds. The summed E-state index contributed by atoms with van der Waals surface area (Å²) in [5, 5.41) is 8.92. The molecule has 15 heteroatoms. The summed E-state index contributed by atoms with van der Waals surface area (Å²) in [4.78, 5) is 4.55. The molecule has 0 fully saturated rings. The molecular weight excluding hydrogens is 685 g/mol. The summed E-state index contributed by atoms with van der Waals surface area (Å²) < 4.78 is 68.6. The molecule has 0 saturated heterocycles. The fraction of sp³-hybridized carbons (Fsp3) is 0.367. The van der Waals surface area contributed by atoms with E-state index in [1.807, 2.05) is 0 Å². The van der Waals surface area contributed by atoms with Gasteiger partial charge in [0.1, 0.15) is 28.7 Å². The molecule has 0 radical (unpaired) electrons. The van der Waals surface area contributed by atoms with Crippen LogP contribution < -0.4 is 18.5 Å². The standard InChI is InChI=1S/C30H37BrFN5O6SSi/c1-40-24-11-9-12-25(41-2)28(24)37-29(23-10-8-13-27(33-23)43-4)34-35-30(37)36(16-17-45(5,6)7)44(38,39)19-26(42-3)21-15-14-20(32)18-22(21)31/h8-15,18,26H,16-17,19H2,1-7H3/t26-/m1/s1. The molecule has 1 atom stereocenters. The Morgan fingerprint density at radius 3 is 2.20 bits per heavy atom. The molecule has 0 spiro atoms. The third kappa shape index (κ3) is 7.83. The van der Waals surface area contributed by atoms with Crippen LogP contribution in [0.2, 0.25) is 25.7 Å². The minimum atomic E-state index is -4.17. The van der Waals surface area contributed by atoms with E-state index >= 15 is 0 Å². The number of halogens is 2. The number of methoxy groups -OCH3 is 4. The van der Waals surface area contributed by atoms with Crippen LogP contribution >= 0.6 is 15.9 Å². The average Bonchev–Trinajstić information content (AvgIpc) is 3.43. The van der Waals surface area contributed by atoms with Gasteiger partial charge in [0.05, 0.1) is 33.2 Å². The number of anilines is 1. The van der Waals surface area contributed by atoms with E-state index < -0.39 is 35.8 Å². The molecule has 4 rings (SSSR count). The predicted molar refractivity (Wildman–Crippen MR) is 177 cm³/mol. The third-order valence-corrected chi connectivity index (χ3v) is 11.2. The topological polar surface area (TPSA) is 118 Å². The summed E-state index contributed by atoms with van der Waals surface area (Å²) >= 11 is 3.36.